The Morgan fingerprint density at radius 3 is 1.74 bits per heavy atom. The maximum atomic E-state index is 10.6. The SMILES string of the molecule is OC[C@H]1O[C@@H](OC2CC(O[C@@H]3O[C@H](CO)[C@@H](O)[C@@H](O)[C@H]3O)C3CCC(C4CCC(O)C(O)C4)[OH+]C3C2)[C@H](O)[C@H](O)[C@@H]1O. The first-order valence-electron chi connectivity index (χ1n) is 15.0. The molecule has 244 valence electrons. The van der Waals surface area contributed by atoms with Crippen molar-refractivity contribution in [1.29, 1.82) is 0 Å². The molecule has 15 nitrogen and oxygen atoms in total. The molecule has 0 radical (unpaired) electrons. The van der Waals surface area contributed by atoms with E-state index in [1.54, 1.807) is 0 Å². The zero-order valence-corrected chi connectivity index (χ0v) is 23.3. The van der Waals surface area contributed by atoms with Gasteiger partial charge in [-0.15, -0.1) is 0 Å². The van der Waals surface area contributed by atoms with Crippen molar-refractivity contribution in [2.45, 2.75) is 143 Å². The van der Waals surface area contributed by atoms with Gasteiger partial charge in [0.05, 0.1) is 43.5 Å². The molecular weight excluding hydrogens is 564 g/mol. The van der Waals surface area contributed by atoms with Gasteiger partial charge in [0, 0.05) is 25.2 Å². The third kappa shape index (κ3) is 6.66. The van der Waals surface area contributed by atoms with E-state index in [9.17, 15) is 51.1 Å². The predicted molar refractivity (Wildman–Crippen MR) is 138 cm³/mol. The monoisotopic (exact) mass is 611 g/mol. The first kappa shape index (κ1) is 32.8. The molecule has 5 fully saturated rings. The molecule has 0 aromatic carbocycles. The fourth-order valence-electron chi connectivity index (χ4n) is 7.31. The number of hydrogen-bond acceptors (Lipinski definition) is 14. The minimum absolute atomic E-state index is 0.0766. The lowest BCUT2D eigenvalue weighted by Gasteiger charge is -2.48. The first-order chi connectivity index (χ1) is 20.0. The third-order valence-electron chi connectivity index (χ3n) is 9.85. The van der Waals surface area contributed by atoms with Crippen molar-refractivity contribution in [3.05, 3.63) is 0 Å². The molecule has 3 heterocycles. The van der Waals surface area contributed by atoms with E-state index in [2.05, 4.69) is 0 Å². The van der Waals surface area contributed by atoms with Crippen LogP contribution in [0.4, 0.5) is 0 Å². The van der Waals surface area contributed by atoms with Gasteiger partial charge < -0.3 is 74.7 Å². The highest BCUT2D eigenvalue weighted by Crippen LogP contribution is 2.43. The van der Waals surface area contributed by atoms with Crippen molar-refractivity contribution in [3.8, 4) is 0 Å². The predicted octanol–water partition coefficient (Wildman–Crippen LogP) is -4.65. The van der Waals surface area contributed by atoms with Gasteiger partial charge in [-0.05, 0) is 25.7 Å². The van der Waals surface area contributed by atoms with Crippen molar-refractivity contribution in [2.24, 2.45) is 11.8 Å². The summed E-state index contributed by atoms with van der Waals surface area (Å²) in [5.74, 6) is -0.0664. The molecule has 5 aliphatic rings. The molecule has 3 aliphatic heterocycles. The van der Waals surface area contributed by atoms with E-state index >= 15 is 0 Å². The van der Waals surface area contributed by atoms with Crippen LogP contribution in [-0.2, 0) is 18.9 Å². The highest BCUT2D eigenvalue weighted by molar-refractivity contribution is 4.97. The Balaban J connectivity index is 1.32. The van der Waals surface area contributed by atoms with E-state index in [0.717, 1.165) is 6.42 Å². The Labute approximate surface area is 243 Å². The van der Waals surface area contributed by atoms with Gasteiger partial charge in [-0.2, -0.15) is 0 Å². The summed E-state index contributed by atoms with van der Waals surface area (Å²) in [7, 11) is 0. The normalized spacial score (nSPS) is 53.9. The van der Waals surface area contributed by atoms with Crippen LogP contribution in [0.2, 0.25) is 0 Å². The summed E-state index contributed by atoms with van der Waals surface area (Å²) in [6.07, 6.45) is -14.1. The molecule has 11 N–H and O–H groups in total. The van der Waals surface area contributed by atoms with E-state index in [1.165, 1.54) is 0 Å². The summed E-state index contributed by atoms with van der Waals surface area (Å²) in [4.78, 5) is 0. The maximum Gasteiger partial charge on any atom is 0.186 e. The van der Waals surface area contributed by atoms with Crippen LogP contribution >= 0.6 is 0 Å². The summed E-state index contributed by atoms with van der Waals surface area (Å²) in [5.41, 5.74) is 0. The average Bonchev–Trinajstić information content (AvgIpc) is 2.98. The first-order valence-corrected chi connectivity index (χ1v) is 15.0. The molecule has 0 aromatic heterocycles. The number of fused-ring (bicyclic) bond motifs is 1. The van der Waals surface area contributed by atoms with Crippen LogP contribution in [0.15, 0.2) is 0 Å². The van der Waals surface area contributed by atoms with E-state index < -0.39 is 99.0 Å². The average molecular weight is 612 g/mol. The van der Waals surface area contributed by atoms with Crippen LogP contribution < -0.4 is 0 Å². The van der Waals surface area contributed by atoms with Gasteiger partial charge in [-0.25, -0.2) is 0 Å². The van der Waals surface area contributed by atoms with E-state index in [4.69, 9.17) is 23.7 Å². The van der Waals surface area contributed by atoms with Crippen LogP contribution in [0, 0.1) is 11.8 Å². The fraction of sp³-hybridized carbons (Fsp3) is 1.00. The Bertz CT molecular complexity index is 863. The van der Waals surface area contributed by atoms with Gasteiger partial charge in [0.25, 0.3) is 0 Å². The Morgan fingerprint density at radius 2 is 1.17 bits per heavy atom. The lowest BCUT2D eigenvalue weighted by molar-refractivity contribution is -0.348. The Hall–Kier alpha value is -0.600. The Kier molecular flexibility index (Phi) is 10.8. The van der Waals surface area contributed by atoms with Gasteiger partial charge in [0.15, 0.2) is 24.8 Å². The molecule has 0 aromatic rings. The van der Waals surface area contributed by atoms with Crippen LogP contribution in [0.3, 0.4) is 0 Å². The van der Waals surface area contributed by atoms with Gasteiger partial charge in [0.2, 0.25) is 0 Å². The topological polar surface area (TPSA) is 252 Å². The van der Waals surface area contributed by atoms with Gasteiger partial charge >= 0.3 is 0 Å². The van der Waals surface area contributed by atoms with Crippen molar-refractivity contribution in [2.75, 3.05) is 13.2 Å². The molecule has 0 bridgehead atoms. The van der Waals surface area contributed by atoms with E-state index in [0.29, 0.717) is 32.1 Å². The summed E-state index contributed by atoms with van der Waals surface area (Å²) in [6.45, 7) is -1.22. The molecule has 42 heavy (non-hydrogen) atoms. The molecule has 0 spiro atoms. The lowest BCUT2D eigenvalue weighted by atomic mass is 9.73. The number of hydrogen-bond donors (Lipinski definition) is 10. The van der Waals surface area contributed by atoms with E-state index in [1.807, 2.05) is 0 Å². The molecule has 8 unspecified atom stereocenters. The van der Waals surface area contributed by atoms with Crippen LogP contribution in [0.1, 0.15) is 44.9 Å². The van der Waals surface area contributed by atoms with Crippen LogP contribution in [0.25, 0.3) is 0 Å². The molecule has 18 atom stereocenters. The highest BCUT2D eigenvalue weighted by atomic mass is 16.7. The van der Waals surface area contributed by atoms with Gasteiger partial charge in [-0.3, -0.25) is 0 Å². The quantitative estimate of drug-likeness (QED) is 0.122. The van der Waals surface area contributed by atoms with Gasteiger partial charge in [0.1, 0.15) is 48.8 Å². The minimum atomic E-state index is -1.62. The van der Waals surface area contributed by atoms with E-state index in [-0.39, 0.29) is 30.5 Å². The van der Waals surface area contributed by atoms with Crippen LogP contribution in [0.5, 0.6) is 0 Å². The lowest BCUT2D eigenvalue weighted by Crippen LogP contribution is -2.62. The highest BCUT2D eigenvalue weighted by Gasteiger charge is 2.53. The number of aliphatic hydroxyl groups is 12. The molecule has 0 amide bonds. The zero-order chi connectivity index (χ0) is 30.3. The summed E-state index contributed by atoms with van der Waals surface area (Å²) < 4.78 is 28.6. The molecule has 5 rings (SSSR count). The zero-order valence-electron chi connectivity index (χ0n) is 23.3. The largest absolute Gasteiger partial charge is 0.429 e. The molecule has 2 aliphatic carbocycles. The maximum absolute atomic E-state index is 10.6. The fourth-order valence-corrected chi connectivity index (χ4v) is 7.31. The smallest absolute Gasteiger partial charge is 0.186 e. The van der Waals surface area contributed by atoms with Gasteiger partial charge in [-0.1, -0.05) is 0 Å². The second-order valence-corrected chi connectivity index (χ2v) is 12.5. The van der Waals surface area contributed by atoms with Crippen molar-refractivity contribution < 1.29 is 74.7 Å². The number of ether oxygens (including phenoxy) is 5. The van der Waals surface area contributed by atoms with Crippen molar-refractivity contribution in [3.63, 3.8) is 0 Å². The summed E-state index contributed by atoms with van der Waals surface area (Å²) >= 11 is 0. The second kappa shape index (κ2) is 13.8. The Morgan fingerprint density at radius 1 is 0.571 bits per heavy atom. The standard InChI is InChI=1S/C27H46O15/c28-8-18-20(32)22(34)24(36)26(41-18)38-11-6-16-12(2-4-15(39-16)10-1-3-13(30)14(31)5-10)17(7-11)40-27-25(37)23(35)21(33)19(9-29)42-27/h10-37H,1-9H2/p+1/t10?,11?,12?,13?,14?,15?,16?,17?,18-,19-,20-,21-,22-,23-,24-,25-,26-,27-/m1/s1. The molecule has 3 saturated heterocycles. The summed E-state index contributed by atoms with van der Waals surface area (Å²) in [6, 6.07) is 0. The summed E-state index contributed by atoms with van der Waals surface area (Å²) in [5, 5.41) is 101. The minimum Gasteiger partial charge on any atom is -0.429 e. The molecule has 2 saturated carbocycles. The molecular formula is C27H47O15+. The molecule has 15 heteroatoms. The number of rotatable bonds is 7. The second-order valence-electron chi connectivity index (χ2n) is 12.5. The van der Waals surface area contributed by atoms with Crippen LogP contribution in [-0.4, -0.2) is 167 Å². The van der Waals surface area contributed by atoms with Crippen molar-refractivity contribution in [1.82, 2.24) is 0 Å². The third-order valence-corrected chi connectivity index (χ3v) is 9.85. The van der Waals surface area contributed by atoms with Crippen molar-refractivity contribution >= 4 is 0 Å². The number of aliphatic hydroxyl groups excluding tert-OH is 10.